The highest BCUT2D eigenvalue weighted by molar-refractivity contribution is 5.80. The Bertz CT molecular complexity index is 1180. The zero-order chi connectivity index (χ0) is 19.0. The Morgan fingerprint density at radius 2 is 2.15 bits per heavy atom. The number of aromatic amines is 1. The summed E-state index contributed by atoms with van der Waals surface area (Å²) in [6, 6.07) is 7.87. The van der Waals surface area contributed by atoms with Crippen LogP contribution in [0.2, 0.25) is 0 Å². The van der Waals surface area contributed by atoms with Gasteiger partial charge in [0.25, 0.3) is 0 Å². The van der Waals surface area contributed by atoms with Crippen LogP contribution in [0.15, 0.2) is 45.8 Å². The molecule has 27 heavy (non-hydrogen) atoms. The van der Waals surface area contributed by atoms with E-state index in [1.165, 1.54) is 16.7 Å². The van der Waals surface area contributed by atoms with Crippen LogP contribution >= 0.6 is 0 Å². The van der Waals surface area contributed by atoms with Gasteiger partial charge < -0.3 is 9.26 Å². The van der Waals surface area contributed by atoms with Gasteiger partial charge in [0.05, 0.1) is 18.7 Å². The standard InChI is InChI=1S/C19H17FN4O3/c1-3-26-17-5-4-13(20)8-15(17)12-7-16-18(21-9-12)22-19(25)24(16)10-14-6-11(2)27-23-14/h4-9H,3,10H2,1-2H3,(H,21,22,25). The van der Waals surface area contributed by atoms with E-state index in [9.17, 15) is 9.18 Å². The lowest BCUT2D eigenvalue weighted by Crippen LogP contribution is -2.17. The van der Waals surface area contributed by atoms with E-state index in [4.69, 9.17) is 9.26 Å². The Balaban J connectivity index is 1.84. The number of nitrogens with one attached hydrogen (secondary N) is 1. The molecule has 0 saturated carbocycles. The van der Waals surface area contributed by atoms with Crippen molar-refractivity contribution in [1.82, 2.24) is 19.7 Å². The number of pyridine rings is 1. The van der Waals surface area contributed by atoms with Crippen LogP contribution < -0.4 is 10.4 Å². The van der Waals surface area contributed by atoms with Crippen LogP contribution in [0.4, 0.5) is 4.39 Å². The number of benzene rings is 1. The Morgan fingerprint density at radius 3 is 2.89 bits per heavy atom. The lowest BCUT2D eigenvalue weighted by Gasteiger charge is -2.10. The van der Waals surface area contributed by atoms with Gasteiger partial charge in [-0.2, -0.15) is 0 Å². The molecule has 0 atom stereocenters. The van der Waals surface area contributed by atoms with Crippen LogP contribution in [0, 0.1) is 12.7 Å². The SMILES string of the molecule is CCOc1ccc(F)cc1-c1cnc2[nH]c(=O)n(Cc3cc(C)on3)c2c1. The second-order valence-corrected chi connectivity index (χ2v) is 6.11. The highest BCUT2D eigenvalue weighted by Crippen LogP contribution is 2.31. The average molecular weight is 368 g/mol. The summed E-state index contributed by atoms with van der Waals surface area (Å²) in [4.78, 5) is 19.4. The van der Waals surface area contributed by atoms with E-state index in [-0.39, 0.29) is 18.1 Å². The van der Waals surface area contributed by atoms with Crippen LogP contribution in [0.1, 0.15) is 18.4 Å². The summed E-state index contributed by atoms with van der Waals surface area (Å²) in [5.74, 6) is 0.840. The fraction of sp³-hybridized carbons (Fsp3) is 0.211. The van der Waals surface area contributed by atoms with Gasteiger partial charge in [0, 0.05) is 23.4 Å². The van der Waals surface area contributed by atoms with E-state index >= 15 is 0 Å². The van der Waals surface area contributed by atoms with Crippen LogP contribution in [-0.4, -0.2) is 26.3 Å². The molecule has 4 rings (SSSR count). The minimum atomic E-state index is -0.377. The second kappa shape index (κ2) is 6.71. The predicted octanol–water partition coefficient (Wildman–Crippen LogP) is 3.27. The van der Waals surface area contributed by atoms with Gasteiger partial charge in [-0.1, -0.05) is 5.16 Å². The number of hydrogen-bond donors (Lipinski definition) is 1. The molecule has 138 valence electrons. The molecule has 0 aliphatic heterocycles. The quantitative estimate of drug-likeness (QED) is 0.584. The first-order valence-corrected chi connectivity index (χ1v) is 8.48. The van der Waals surface area contributed by atoms with Gasteiger partial charge in [-0.3, -0.25) is 9.55 Å². The molecule has 4 aromatic rings. The van der Waals surface area contributed by atoms with Crippen molar-refractivity contribution < 1.29 is 13.7 Å². The predicted molar refractivity (Wildman–Crippen MR) is 97.3 cm³/mol. The van der Waals surface area contributed by atoms with Crippen molar-refractivity contribution >= 4 is 11.2 Å². The Hall–Kier alpha value is -3.42. The summed E-state index contributed by atoms with van der Waals surface area (Å²) in [7, 11) is 0. The van der Waals surface area contributed by atoms with Crippen molar-refractivity contribution in [2.75, 3.05) is 6.61 Å². The molecule has 3 aromatic heterocycles. The number of nitrogens with zero attached hydrogens (tertiary/aromatic N) is 3. The summed E-state index contributed by atoms with van der Waals surface area (Å²) < 4.78 is 26.0. The lowest BCUT2D eigenvalue weighted by molar-refractivity contribution is 0.341. The zero-order valence-corrected chi connectivity index (χ0v) is 14.8. The fourth-order valence-electron chi connectivity index (χ4n) is 3.00. The van der Waals surface area contributed by atoms with Crippen LogP contribution in [0.25, 0.3) is 22.3 Å². The first kappa shape index (κ1) is 17.0. The van der Waals surface area contributed by atoms with Gasteiger partial charge in [-0.05, 0) is 38.1 Å². The molecule has 0 unspecified atom stereocenters. The van der Waals surface area contributed by atoms with Crippen molar-refractivity contribution in [3.8, 4) is 16.9 Å². The molecular weight excluding hydrogens is 351 g/mol. The molecule has 0 fully saturated rings. The third-order valence-electron chi connectivity index (χ3n) is 4.18. The minimum Gasteiger partial charge on any atom is -0.493 e. The lowest BCUT2D eigenvalue weighted by atomic mass is 10.1. The van der Waals surface area contributed by atoms with Gasteiger partial charge >= 0.3 is 5.69 Å². The molecule has 0 saturated heterocycles. The molecule has 0 aliphatic carbocycles. The number of aromatic nitrogens is 4. The monoisotopic (exact) mass is 368 g/mol. The van der Waals surface area contributed by atoms with Crippen LogP contribution in [0.3, 0.4) is 0 Å². The number of ether oxygens (including phenoxy) is 1. The van der Waals surface area contributed by atoms with Crippen molar-refractivity contribution in [1.29, 1.82) is 0 Å². The molecule has 3 heterocycles. The third-order valence-corrected chi connectivity index (χ3v) is 4.18. The van der Waals surface area contributed by atoms with E-state index in [0.717, 1.165) is 0 Å². The molecule has 8 heteroatoms. The maximum atomic E-state index is 13.8. The first-order chi connectivity index (χ1) is 13.0. The summed E-state index contributed by atoms with van der Waals surface area (Å²) in [6.07, 6.45) is 1.58. The number of imidazole rings is 1. The maximum Gasteiger partial charge on any atom is 0.328 e. The van der Waals surface area contributed by atoms with Crippen LogP contribution in [0.5, 0.6) is 5.75 Å². The summed E-state index contributed by atoms with van der Waals surface area (Å²) >= 11 is 0. The van der Waals surface area contributed by atoms with Gasteiger partial charge in [0.15, 0.2) is 5.65 Å². The number of fused-ring (bicyclic) bond motifs is 1. The molecule has 0 radical (unpaired) electrons. The van der Waals surface area contributed by atoms with E-state index < -0.39 is 0 Å². The zero-order valence-electron chi connectivity index (χ0n) is 14.8. The summed E-state index contributed by atoms with van der Waals surface area (Å²) in [6.45, 7) is 4.34. The van der Waals surface area contributed by atoms with E-state index in [0.29, 0.717) is 46.1 Å². The Morgan fingerprint density at radius 1 is 1.30 bits per heavy atom. The molecule has 1 aromatic carbocycles. The van der Waals surface area contributed by atoms with Crippen molar-refractivity contribution in [3.63, 3.8) is 0 Å². The molecule has 0 bridgehead atoms. The Labute approximate surface area is 153 Å². The third kappa shape index (κ3) is 3.21. The number of rotatable bonds is 5. The summed E-state index contributed by atoms with van der Waals surface area (Å²) in [5.41, 5.74) is 2.57. The highest BCUT2D eigenvalue weighted by Gasteiger charge is 2.14. The van der Waals surface area contributed by atoms with E-state index in [2.05, 4.69) is 15.1 Å². The minimum absolute atomic E-state index is 0.239. The van der Waals surface area contributed by atoms with Crippen LogP contribution in [-0.2, 0) is 6.54 Å². The smallest absolute Gasteiger partial charge is 0.328 e. The molecule has 0 aliphatic rings. The average Bonchev–Trinajstić information content (AvgIpc) is 3.20. The Kier molecular flexibility index (Phi) is 4.23. The number of H-pyrrole nitrogens is 1. The van der Waals surface area contributed by atoms with Gasteiger partial charge in [0.1, 0.15) is 23.0 Å². The maximum absolute atomic E-state index is 13.8. The number of halogens is 1. The van der Waals surface area contributed by atoms with Crippen molar-refractivity contribution in [3.05, 3.63) is 64.3 Å². The van der Waals surface area contributed by atoms with Crippen molar-refractivity contribution in [2.45, 2.75) is 20.4 Å². The first-order valence-electron chi connectivity index (χ1n) is 8.48. The van der Waals surface area contributed by atoms with Crippen molar-refractivity contribution in [2.24, 2.45) is 0 Å². The van der Waals surface area contributed by atoms with Gasteiger partial charge in [-0.25, -0.2) is 14.2 Å². The molecule has 7 nitrogen and oxygen atoms in total. The number of aryl methyl sites for hydroxylation is 1. The van der Waals surface area contributed by atoms with E-state index in [1.807, 2.05) is 6.92 Å². The fourth-order valence-corrected chi connectivity index (χ4v) is 3.00. The van der Waals surface area contributed by atoms with E-state index in [1.54, 1.807) is 31.3 Å². The van der Waals surface area contributed by atoms with Gasteiger partial charge in [-0.15, -0.1) is 0 Å². The molecule has 0 spiro atoms. The summed E-state index contributed by atoms with van der Waals surface area (Å²) in [5, 5.41) is 3.93. The normalized spacial score (nSPS) is 11.2. The highest BCUT2D eigenvalue weighted by atomic mass is 19.1. The van der Waals surface area contributed by atoms with Gasteiger partial charge in [0.2, 0.25) is 0 Å². The largest absolute Gasteiger partial charge is 0.493 e. The molecule has 0 amide bonds. The number of hydrogen-bond acceptors (Lipinski definition) is 5. The second-order valence-electron chi connectivity index (χ2n) is 6.11. The molecular formula is C19H17FN4O3. The topological polar surface area (TPSA) is 85.9 Å². The molecule has 1 N–H and O–H groups in total.